The summed E-state index contributed by atoms with van der Waals surface area (Å²) in [6, 6.07) is 10.5. The number of hydrogen-bond acceptors (Lipinski definition) is 2. The molecular formula is C14H12O2. The fourth-order valence-corrected chi connectivity index (χ4v) is 3.63. The minimum absolute atomic E-state index is 0.00261. The van der Waals surface area contributed by atoms with Gasteiger partial charge in [-0.3, -0.25) is 4.79 Å². The Morgan fingerprint density at radius 3 is 2.75 bits per heavy atom. The predicted molar refractivity (Wildman–Crippen MR) is 58.7 cm³/mol. The van der Waals surface area contributed by atoms with Crippen molar-refractivity contribution in [2.24, 2.45) is 17.3 Å². The molecule has 2 aliphatic carbocycles. The van der Waals surface area contributed by atoms with Gasteiger partial charge in [0, 0.05) is 11.8 Å². The maximum atomic E-state index is 11.7. The molecule has 4 atom stereocenters. The van der Waals surface area contributed by atoms with Gasteiger partial charge in [-0.1, -0.05) is 42.5 Å². The Hall–Kier alpha value is -1.57. The van der Waals surface area contributed by atoms with Gasteiger partial charge in [0.05, 0.1) is 12.0 Å². The molecule has 0 bridgehead atoms. The Labute approximate surface area is 93.9 Å². The molecule has 16 heavy (non-hydrogen) atoms. The third-order valence-corrected chi connectivity index (χ3v) is 4.50. The average Bonchev–Trinajstić information content (AvgIpc) is 2.62. The van der Waals surface area contributed by atoms with E-state index in [4.69, 9.17) is 4.74 Å². The fraction of sp³-hybridized carbons (Fsp3) is 0.357. The maximum Gasteiger partial charge on any atom is 0.317 e. The van der Waals surface area contributed by atoms with Crippen LogP contribution in [0.3, 0.4) is 0 Å². The van der Waals surface area contributed by atoms with Crippen molar-refractivity contribution in [3.8, 4) is 0 Å². The van der Waals surface area contributed by atoms with E-state index in [2.05, 4.69) is 36.4 Å². The molecule has 1 saturated heterocycles. The van der Waals surface area contributed by atoms with Crippen LogP contribution in [0.5, 0.6) is 0 Å². The number of ether oxygens (including phenoxy) is 1. The highest BCUT2D eigenvalue weighted by Gasteiger charge is 2.71. The van der Waals surface area contributed by atoms with E-state index in [0.29, 0.717) is 24.4 Å². The lowest BCUT2D eigenvalue weighted by molar-refractivity contribution is -0.151. The van der Waals surface area contributed by atoms with Gasteiger partial charge in [-0.25, -0.2) is 0 Å². The molecule has 0 aromatic heterocycles. The molecule has 0 N–H and O–H groups in total. The maximum absolute atomic E-state index is 11.7. The van der Waals surface area contributed by atoms with Crippen LogP contribution < -0.4 is 0 Å². The highest BCUT2D eigenvalue weighted by atomic mass is 16.5. The summed E-state index contributed by atoms with van der Waals surface area (Å²) in [5, 5.41) is 0. The zero-order valence-electron chi connectivity index (χ0n) is 8.80. The first-order valence-electron chi connectivity index (χ1n) is 5.75. The van der Waals surface area contributed by atoms with Crippen LogP contribution in [0.4, 0.5) is 0 Å². The lowest BCUT2D eigenvalue weighted by Crippen LogP contribution is -2.59. The van der Waals surface area contributed by atoms with Crippen molar-refractivity contribution in [3.63, 3.8) is 0 Å². The molecule has 1 aliphatic heterocycles. The van der Waals surface area contributed by atoms with Crippen molar-refractivity contribution in [2.45, 2.75) is 5.92 Å². The number of cyclic esters (lactones) is 1. The third-order valence-electron chi connectivity index (χ3n) is 4.50. The lowest BCUT2D eigenvalue weighted by Gasteiger charge is -2.58. The molecule has 80 valence electrons. The molecule has 4 rings (SSSR count). The fourth-order valence-electron chi connectivity index (χ4n) is 3.63. The molecule has 1 spiro atoms. The standard InChI is InChI=1S/C14H12O2/c15-13-14-7-6-10(14)12(11(14)8-16-13)9-4-2-1-3-5-9/h1-7,10-12H,8H2/t10-,11-,12+,14?/m0/s1. The Bertz CT molecular complexity index is 491. The SMILES string of the molecule is O=C1OC[C@H]2[C@H](c3ccccc3)[C@@H]3C=CC132. The minimum Gasteiger partial charge on any atom is -0.465 e. The second-order valence-electron chi connectivity index (χ2n) is 4.96. The summed E-state index contributed by atoms with van der Waals surface area (Å²) in [5.74, 6) is 1.24. The van der Waals surface area contributed by atoms with Crippen molar-refractivity contribution in [1.29, 1.82) is 0 Å². The van der Waals surface area contributed by atoms with Crippen LogP contribution in [0.2, 0.25) is 0 Å². The van der Waals surface area contributed by atoms with Gasteiger partial charge in [0.2, 0.25) is 0 Å². The number of rotatable bonds is 1. The summed E-state index contributed by atoms with van der Waals surface area (Å²) in [5.41, 5.74) is 1.11. The van der Waals surface area contributed by atoms with Crippen molar-refractivity contribution in [2.75, 3.05) is 6.61 Å². The molecule has 0 radical (unpaired) electrons. The second-order valence-corrected chi connectivity index (χ2v) is 4.96. The first-order chi connectivity index (χ1) is 7.84. The van der Waals surface area contributed by atoms with Crippen molar-refractivity contribution in [1.82, 2.24) is 0 Å². The van der Waals surface area contributed by atoms with E-state index in [1.54, 1.807) is 0 Å². The third kappa shape index (κ3) is 0.722. The number of hydrogen-bond donors (Lipinski definition) is 0. The van der Waals surface area contributed by atoms with Crippen molar-refractivity contribution in [3.05, 3.63) is 48.0 Å². The van der Waals surface area contributed by atoms with Crippen LogP contribution in [0.1, 0.15) is 11.5 Å². The molecule has 2 nitrogen and oxygen atoms in total. The molecular weight excluding hydrogens is 200 g/mol. The topological polar surface area (TPSA) is 26.3 Å². The van der Waals surface area contributed by atoms with Crippen molar-refractivity contribution < 1.29 is 9.53 Å². The van der Waals surface area contributed by atoms with E-state index in [-0.39, 0.29) is 11.4 Å². The van der Waals surface area contributed by atoms with Crippen molar-refractivity contribution >= 4 is 5.97 Å². The minimum atomic E-state index is -0.236. The smallest absolute Gasteiger partial charge is 0.317 e. The Morgan fingerprint density at radius 2 is 2.06 bits per heavy atom. The van der Waals surface area contributed by atoms with E-state index in [1.165, 1.54) is 5.56 Å². The van der Waals surface area contributed by atoms with Gasteiger partial charge in [-0.05, 0) is 11.5 Å². The Kier molecular flexibility index (Phi) is 1.37. The van der Waals surface area contributed by atoms with Crippen LogP contribution >= 0.6 is 0 Å². The normalized spacial score (nSPS) is 42.8. The molecule has 2 heteroatoms. The number of allylic oxidation sites excluding steroid dienone is 1. The molecule has 1 saturated carbocycles. The Balaban J connectivity index is 1.76. The monoisotopic (exact) mass is 212 g/mol. The van der Waals surface area contributed by atoms with Gasteiger partial charge in [-0.2, -0.15) is 0 Å². The summed E-state index contributed by atoms with van der Waals surface area (Å²) >= 11 is 0. The van der Waals surface area contributed by atoms with Gasteiger partial charge in [-0.15, -0.1) is 0 Å². The number of carbonyl (C=O) groups is 1. The molecule has 1 heterocycles. The molecule has 0 amide bonds. The van der Waals surface area contributed by atoms with Gasteiger partial charge in [0.1, 0.15) is 0 Å². The van der Waals surface area contributed by atoms with E-state index in [9.17, 15) is 4.79 Å². The largest absolute Gasteiger partial charge is 0.465 e. The molecule has 2 fully saturated rings. The van der Waals surface area contributed by atoms with Gasteiger partial charge < -0.3 is 4.74 Å². The van der Waals surface area contributed by atoms with Gasteiger partial charge in [0.15, 0.2) is 0 Å². The quantitative estimate of drug-likeness (QED) is 0.526. The summed E-state index contributed by atoms with van der Waals surface area (Å²) in [7, 11) is 0. The average molecular weight is 212 g/mol. The zero-order valence-corrected chi connectivity index (χ0v) is 8.80. The van der Waals surface area contributed by atoms with E-state index in [0.717, 1.165) is 0 Å². The zero-order chi connectivity index (χ0) is 10.8. The number of carbonyl (C=O) groups excluding carboxylic acids is 1. The lowest BCUT2D eigenvalue weighted by atomic mass is 9.41. The number of benzene rings is 1. The highest BCUT2D eigenvalue weighted by Crippen LogP contribution is 2.69. The van der Waals surface area contributed by atoms with E-state index in [1.807, 2.05) is 6.07 Å². The number of esters is 1. The first kappa shape index (κ1) is 8.57. The van der Waals surface area contributed by atoms with E-state index < -0.39 is 0 Å². The van der Waals surface area contributed by atoms with Crippen LogP contribution in [-0.4, -0.2) is 12.6 Å². The van der Waals surface area contributed by atoms with Crippen LogP contribution in [0.15, 0.2) is 42.5 Å². The first-order valence-corrected chi connectivity index (χ1v) is 5.75. The summed E-state index contributed by atoms with van der Waals surface area (Å²) in [4.78, 5) is 11.7. The van der Waals surface area contributed by atoms with Crippen LogP contribution in [0, 0.1) is 17.3 Å². The van der Waals surface area contributed by atoms with Crippen LogP contribution in [0.25, 0.3) is 0 Å². The summed E-state index contributed by atoms with van der Waals surface area (Å²) in [6.07, 6.45) is 4.22. The molecule has 3 aliphatic rings. The molecule has 1 unspecified atom stereocenters. The van der Waals surface area contributed by atoms with Crippen LogP contribution in [-0.2, 0) is 9.53 Å². The second kappa shape index (κ2) is 2.57. The van der Waals surface area contributed by atoms with Gasteiger partial charge >= 0.3 is 5.97 Å². The Morgan fingerprint density at radius 1 is 1.25 bits per heavy atom. The van der Waals surface area contributed by atoms with E-state index >= 15 is 0 Å². The highest BCUT2D eigenvalue weighted by molar-refractivity contribution is 5.87. The summed E-state index contributed by atoms with van der Waals surface area (Å²) < 4.78 is 5.23. The predicted octanol–water partition coefficient (Wildman–Crippen LogP) is 2.13. The molecule has 1 aromatic carbocycles. The summed E-state index contributed by atoms with van der Waals surface area (Å²) in [6.45, 7) is 0.596. The molecule has 1 aromatic rings. The van der Waals surface area contributed by atoms with Gasteiger partial charge in [0.25, 0.3) is 0 Å².